The van der Waals surface area contributed by atoms with Gasteiger partial charge in [-0.2, -0.15) is 0 Å². The molecule has 0 heterocycles. The summed E-state index contributed by atoms with van der Waals surface area (Å²) in [5.74, 6) is -0.686. The Bertz CT molecular complexity index is 1130. The van der Waals surface area contributed by atoms with Gasteiger partial charge in [-0.1, -0.05) is 53.2 Å². The van der Waals surface area contributed by atoms with E-state index in [1.165, 1.54) is 4.90 Å². The molecule has 1 unspecified atom stereocenters. The molecule has 2 rings (SSSR count). The first-order chi connectivity index (χ1) is 16.2. The van der Waals surface area contributed by atoms with E-state index in [4.69, 9.17) is 0 Å². The van der Waals surface area contributed by atoms with Gasteiger partial charge < -0.3 is 10.2 Å². The summed E-state index contributed by atoms with van der Waals surface area (Å²) in [6, 6.07) is 14.1. The minimum Gasteiger partial charge on any atom is -0.350 e. The van der Waals surface area contributed by atoms with Crippen molar-refractivity contribution < 1.29 is 18.0 Å². The molecule has 0 aromatic heterocycles. The molecule has 0 bridgehead atoms. The fraction of sp³-hybridized carbons (Fsp3) is 0.462. The van der Waals surface area contributed by atoms with Crippen molar-refractivity contribution in [3.8, 4) is 0 Å². The largest absolute Gasteiger partial charge is 0.350 e. The van der Waals surface area contributed by atoms with Gasteiger partial charge in [0.25, 0.3) is 0 Å². The quantitative estimate of drug-likeness (QED) is 0.465. The zero-order valence-corrected chi connectivity index (χ0v) is 23.7. The molecule has 0 aliphatic rings. The molecule has 35 heavy (non-hydrogen) atoms. The van der Waals surface area contributed by atoms with Crippen molar-refractivity contribution in [1.82, 2.24) is 10.2 Å². The second kappa shape index (κ2) is 12.0. The van der Waals surface area contributed by atoms with Crippen LogP contribution in [0.5, 0.6) is 0 Å². The maximum Gasteiger partial charge on any atom is 0.244 e. The molecule has 1 atom stereocenters. The van der Waals surface area contributed by atoms with E-state index in [-0.39, 0.29) is 12.5 Å². The van der Waals surface area contributed by atoms with Gasteiger partial charge in [0.05, 0.1) is 11.9 Å². The Balaban J connectivity index is 2.40. The Hall–Kier alpha value is -2.39. The summed E-state index contributed by atoms with van der Waals surface area (Å²) in [5.41, 5.74) is 1.81. The van der Waals surface area contributed by atoms with E-state index < -0.39 is 34.1 Å². The summed E-state index contributed by atoms with van der Waals surface area (Å²) >= 11 is 3.43. The lowest BCUT2D eigenvalue weighted by atomic mass is 10.1. The lowest BCUT2D eigenvalue weighted by molar-refractivity contribution is -0.140. The predicted octanol–water partition coefficient (Wildman–Crippen LogP) is 4.29. The van der Waals surface area contributed by atoms with Crippen LogP contribution in [0.3, 0.4) is 0 Å². The molecule has 9 heteroatoms. The smallest absolute Gasteiger partial charge is 0.244 e. The second-order valence-electron chi connectivity index (χ2n) is 9.69. The Morgan fingerprint density at radius 1 is 1.09 bits per heavy atom. The van der Waals surface area contributed by atoms with E-state index in [0.29, 0.717) is 18.5 Å². The number of hydrogen-bond acceptors (Lipinski definition) is 4. The fourth-order valence-corrected chi connectivity index (χ4v) is 4.83. The van der Waals surface area contributed by atoms with Crippen LogP contribution in [0.4, 0.5) is 5.69 Å². The van der Waals surface area contributed by atoms with Crippen LogP contribution in [-0.4, -0.2) is 56.1 Å². The number of halogens is 1. The highest BCUT2D eigenvalue weighted by Crippen LogP contribution is 2.25. The van der Waals surface area contributed by atoms with E-state index in [9.17, 15) is 18.0 Å². The van der Waals surface area contributed by atoms with Gasteiger partial charge in [-0.3, -0.25) is 13.9 Å². The highest BCUT2D eigenvalue weighted by molar-refractivity contribution is 9.10. The fourth-order valence-electron chi connectivity index (χ4n) is 3.75. The molecule has 0 saturated carbocycles. The van der Waals surface area contributed by atoms with Crippen molar-refractivity contribution in [1.29, 1.82) is 0 Å². The van der Waals surface area contributed by atoms with Crippen LogP contribution in [0.1, 0.15) is 45.2 Å². The maximum atomic E-state index is 13.6. The summed E-state index contributed by atoms with van der Waals surface area (Å²) < 4.78 is 27.3. The van der Waals surface area contributed by atoms with Crippen molar-refractivity contribution in [3.63, 3.8) is 0 Å². The number of nitrogens with zero attached hydrogens (tertiary/aromatic N) is 2. The van der Waals surface area contributed by atoms with Crippen LogP contribution in [-0.2, 0) is 26.0 Å². The lowest BCUT2D eigenvalue weighted by Crippen LogP contribution is -2.56. The Labute approximate surface area is 218 Å². The summed E-state index contributed by atoms with van der Waals surface area (Å²) in [4.78, 5) is 28.3. The van der Waals surface area contributed by atoms with Gasteiger partial charge in [-0.15, -0.1) is 0 Å². The van der Waals surface area contributed by atoms with Crippen molar-refractivity contribution in [2.75, 3.05) is 23.7 Å². The van der Waals surface area contributed by atoms with Gasteiger partial charge >= 0.3 is 0 Å². The van der Waals surface area contributed by atoms with Crippen LogP contribution in [0.25, 0.3) is 0 Å². The van der Waals surface area contributed by atoms with Crippen molar-refractivity contribution >= 4 is 43.5 Å². The first-order valence-electron chi connectivity index (χ1n) is 11.6. The minimum absolute atomic E-state index is 0.258. The van der Waals surface area contributed by atoms with Crippen LogP contribution in [0.2, 0.25) is 0 Å². The number of aryl methyl sites for hydroxylation is 1. The van der Waals surface area contributed by atoms with Crippen LogP contribution in [0, 0.1) is 6.92 Å². The number of amides is 2. The number of anilines is 1. The lowest BCUT2D eigenvalue weighted by Gasteiger charge is -2.34. The van der Waals surface area contributed by atoms with Gasteiger partial charge in [0.15, 0.2) is 0 Å². The van der Waals surface area contributed by atoms with E-state index in [1.54, 1.807) is 18.2 Å². The molecule has 1 N–H and O–H groups in total. The summed E-state index contributed by atoms with van der Waals surface area (Å²) in [6.07, 6.45) is 2.02. The number of carbonyl (C=O) groups excluding carboxylic acids is 2. The van der Waals surface area contributed by atoms with Crippen molar-refractivity contribution in [2.45, 2.75) is 59.0 Å². The highest BCUT2D eigenvalue weighted by atomic mass is 79.9. The third-order valence-corrected chi connectivity index (χ3v) is 7.51. The number of hydrogen-bond donors (Lipinski definition) is 1. The zero-order chi connectivity index (χ0) is 26.4. The first-order valence-corrected chi connectivity index (χ1v) is 14.3. The molecule has 0 aliphatic carbocycles. The SMILES string of the molecule is CCC(C(=O)NC(C)(C)C)N(CCc1ccccc1)C(=O)CN(c1ccc(Br)c(C)c1)S(C)(=O)=O. The van der Waals surface area contributed by atoms with Crippen molar-refractivity contribution in [2.24, 2.45) is 0 Å². The van der Waals surface area contributed by atoms with E-state index in [2.05, 4.69) is 21.2 Å². The molecule has 0 fully saturated rings. The maximum absolute atomic E-state index is 13.6. The van der Waals surface area contributed by atoms with Gasteiger partial charge in [0.1, 0.15) is 12.6 Å². The third-order valence-electron chi connectivity index (χ3n) is 5.48. The number of nitrogens with one attached hydrogen (secondary N) is 1. The summed E-state index contributed by atoms with van der Waals surface area (Å²) in [5, 5.41) is 2.96. The predicted molar refractivity (Wildman–Crippen MR) is 145 cm³/mol. The van der Waals surface area contributed by atoms with E-state index in [1.807, 2.05) is 65.0 Å². The summed E-state index contributed by atoms with van der Waals surface area (Å²) in [7, 11) is -3.75. The Morgan fingerprint density at radius 3 is 2.23 bits per heavy atom. The number of carbonyl (C=O) groups is 2. The van der Waals surface area contributed by atoms with Crippen LogP contribution < -0.4 is 9.62 Å². The van der Waals surface area contributed by atoms with Crippen LogP contribution >= 0.6 is 15.9 Å². The van der Waals surface area contributed by atoms with Gasteiger partial charge in [-0.25, -0.2) is 8.42 Å². The number of benzene rings is 2. The Morgan fingerprint density at radius 2 is 1.71 bits per heavy atom. The van der Waals surface area contributed by atoms with Gasteiger partial charge in [-0.05, 0) is 69.9 Å². The molecular formula is C26H36BrN3O4S. The van der Waals surface area contributed by atoms with E-state index in [0.717, 1.165) is 26.2 Å². The molecule has 2 amide bonds. The molecule has 0 spiro atoms. The average Bonchev–Trinajstić information content (AvgIpc) is 2.75. The first kappa shape index (κ1) is 28.8. The molecule has 7 nitrogen and oxygen atoms in total. The third kappa shape index (κ3) is 8.65. The Kier molecular flexibility index (Phi) is 9.92. The average molecular weight is 567 g/mol. The highest BCUT2D eigenvalue weighted by Gasteiger charge is 2.32. The summed E-state index contributed by atoms with van der Waals surface area (Å²) in [6.45, 7) is 9.25. The molecule has 2 aromatic carbocycles. The number of rotatable bonds is 10. The van der Waals surface area contributed by atoms with Crippen LogP contribution in [0.15, 0.2) is 53.0 Å². The molecular weight excluding hydrogens is 530 g/mol. The minimum atomic E-state index is -3.75. The van der Waals surface area contributed by atoms with Gasteiger partial charge in [0, 0.05) is 16.6 Å². The monoisotopic (exact) mass is 565 g/mol. The molecule has 192 valence electrons. The number of sulfonamides is 1. The zero-order valence-electron chi connectivity index (χ0n) is 21.3. The normalized spacial score (nSPS) is 12.7. The molecule has 0 radical (unpaired) electrons. The molecule has 0 aliphatic heterocycles. The molecule has 0 saturated heterocycles. The standard InChI is InChI=1S/C26H36BrN3O4S/c1-7-23(25(32)28-26(3,4)5)29(16-15-20-11-9-8-10-12-20)24(31)18-30(35(6,33)34)21-13-14-22(27)19(2)17-21/h8-14,17,23H,7,15-16,18H2,1-6H3,(H,28,32). The molecule has 2 aromatic rings. The topological polar surface area (TPSA) is 86.8 Å². The second-order valence-corrected chi connectivity index (χ2v) is 12.5. The van der Waals surface area contributed by atoms with Gasteiger partial charge in [0.2, 0.25) is 21.8 Å². The van der Waals surface area contributed by atoms with E-state index >= 15 is 0 Å². The van der Waals surface area contributed by atoms with Crippen molar-refractivity contribution in [3.05, 3.63) is 64.1 Å².